The van der Waals surface area contributed by atoms with Gasteiger partial charge in [-0.15, -0.1) is 0 Å². The van der Waals surface area contributed by atoms with Crippen LogP contribution in [-0.4, -0.2) is 73.3 Å². The van der Waals surface area contributed by atoms with E-state index in [4.69, 9.17) is 9.94 Å². The summed E-state index contributed by atoms with van der Waals surface area (Å²) < 4.78 is 5.57. The third kappa shape index (κ3) is 5.90. The molecule has 1 aromatic heterocycles. The van der Waals surface area contributed by atoms with Crippen LogP contribution in [0.2, 0.25) is 0 Å². The molecule has 2 heterocycles. The summed E-state index contributed by atoms with van der Waals surface area (Å²) in [6.07, 6.45) is 1.90. The summed E-state index contributed by atoms with van der Waals surface area (Å²) in [6.45, 7) is 4.67. The minimum Gasteiger partial charge on any atom is -0.492 e. The zero-order chi connectivity index (χ0) is 23.9. The van der Waals surface area contributed by atoms with Crippen LogP contribution < -0.4 is 20.4 Å². The molecule has 9 nitrogen and oxygen atoms in total. The summed E-state index contributed by atoms with van der Waals surface area (Å²) in [4.78, 5) is 34.1. The molecule has 0 saturated carbocycles. The normalized spacial score (nSPS) is 14.0. The minimum absolute atomic E-state index is 0.174. The highest BCUT2D eigenvalue weighted by molar-refractivity contribution is 7.18. The van der Waals surface area contributed by atoms with Crippen molar-refractivity contribution in [2.24, 2.45) is 0 Å². The molecule has 3 aromatic rings. The topological polar surface area (TPSA) is 107 Å². The van der Waals surface area contributed by atoms with Gasteiger partial charge in [0.1, 0.15) is 12.4 Å². The molecule has 2 amide bonds. The van der Waals surface area contributed by atoms with Gasteiger partial charge in [-0.1, -0.05) is 23.5 Å². The van der Waals surface area contributed by atoms with Crippen molar-refractivity contribution in [1.82, 2.24) is 20.7 Å². The summed E-state index contributed by atoms with van der Waals surface area (Å²) >= 11 is 1.67. The summed E-state index contributed by atoms with van der Waals surface area (Å²) in [5, 5.41) is 12.5. The highest BCUT2D eigenvalue weighted by Crippen LogP contribution is 2.31. The van der Waals surface area contributed by atoms with Crippen LogP contribution >= 0.6 is 11.3 Å². The summed E-state index contributed by atoms with van der Waals surface area (Å²) in [6, 6.07) is 13.8. The van der Waals surface area contributed by atoms with E-state index < -0.39 is 5.91 Å². The Labute approximate surface area is 201 Å². The fraction of sp³-hybridized carbons (Fsp3) is 0.292. The van der Waals surface area contributed by atoms with E-state index in [1.165, 1.54) is 12.1 Å². The average molecular weight is 482 g/mol. The number of ether oxygens (including phenoxy) is 1. The number of hydroxylamine groups is 1. The van der Waals surface area contributed by atoms with E-state index in [9.17, 15) is 9.59 Å². The molecule has 178 valence electrons. The number of benzene rings is 2. The summed E-state index contributed by atoms with van der Waals surface area (Å²) in [5.41, 5.74) is 3.51. The number of thiazole rings is 1. The average Bonchev–Trinajstić information content (AvgIpc) is 3.37. The second-order valence-corrected chi connectivity index (χ2v) is 8.95. The van der Waals surface area contributed by atoms with Crippen molar-refractivity contribution in [3.05, 3.63) is 65.9 Å². The maximum atomic E-state index is 12.4. The van der Waals surface area contributed by atoms with Gasteiger partial charge in [-0.3, -0.25) is 14.8 Å². The maximum Gasteiger partial charge on any atom is 0.274 e. The van der Waals surface area contributed by atoms with Crippen molar-refractivity contribution in [1.29, 1.82) is 0 Å². The van der Waals surface area contributed by atoms with E-state index in [-0.39, 0.29) is 12.5 Å². The first-order valence-electron chi connectivity index (χ1n) is 11.0. The van der Waals surface area contributed by atoms with Crippen LogP contribution in [0.1, 0.15) is 20.7 Å². The number of amides is 2. The second-order valence-electron chi connectivity index (χ2n) is 7.94. The Bertz CT molecular complexity index is 1110. The number of aromatic nitrogens is 1. The number of nitrogens with one attached hydrogen (secondary N) is 2. The number of nitrogens with zero attached hydrogens (tertiary/aromatic N) is 3. The molecule has 3 N–H and O–H groups in total. The fourth-order valence-corrected chi connectivity index (χ4v) is 4.50. The monoisotopic (exact) mass is 481 g/mol. The number of likely N-dealkylation sites (N-methyl/N-ethyl adjacent to an activating group) is 1. The smallest absolute Gasteiger partial charge is 0.274 e. The highest BCUT2D eigenvalue weighted by Gasteiger charge is 2.17. The predicted molar refractivity (Wildman–Crippen MR) is 131 cm³/mol. The first-order chi connectivity index (χ1) is 16.5. The Hall–Kier alpha value is -3.47. The number of anilines is 1. The molecule has 1 aliphatic heterocycles. The standard InChI is InChI=1S/C24H27N5O4S/c1-28-11-13-29(14-12-28)24-26-16-21(34-24)17-2-4-18(5-3-17)22(30)25-10-15-33-20-8-6-19(7-9-20)23(31)27-32/h2-9,16,32H,10-15H2,1H3,(H,25,30)(H,27,31). The van der Waals surface area contributed by atoms with Gasteiger partial charge in [0.15, 0.2) is 5.13 Å². The van der Waals surface area contributed by atoms with Crippen LogP contribution in [0, 0.1) is 0 Å². The number of hydrogen-bond acceptors (Lipinski definition) is 8. The lowest BCUT2D eigenvalue weighted by molar-refractivity contribution is 0.0706. The van der Waals surface area contributed by atoms with E-state index in [1.807, 2.05) is 30.5 Å². The van der Waals surface area contributed by atoms with Gasteiger partial charge in [0.05, 0.1) is 11.4 Å². The van der Waals surface area contributed by atoms with Crippen molar-refractivity contribution >= 4 is 28.3 Å². The molecule has 0 atom stereocenters. The van der Waals surface area contributed by atoms with Gasteiger partial charge in [0.2, 0.25) is 0 Å². The Morgan fingerprint density at radius 3 is 2.32 bits per heavy atom. The van der Waals surface area contributed by atoms with Gasteiger partial charge in [0, 0.05) is 43.5 Å². The van der Waals surface area contributed by atoms with Crippen LogP contribution in [0.3, 0.4) is 0 Å². The van der Waals surface area contributed by atoms with Gasteiger partial charge >= 0.3 is 0 Å². The lowest BCUT2D eigenvalue weighted by atomic mass is 10.1. The molecule has 10 heteroatoms. The molecule has 0 aliphatic carbocycles. The zero-order valence-electron chi connectivity index (χ0n) is 18.9. The third-order valence-electron chi connectivity index (χ3n) is 5.57. The van der Waals surface area contributed by atoms with Gasteiger partial charge in [-0.05, 0) is 49.0 Å². The Morgan fingerprint density at radius 2 is 1.65 bits per heavy atom. The Kier molecular flexibility index (Phi) is 7.73. The van der Waals surface area contributed by atoms with E-state index in [1.54, 1.807) is 28.9 Å². The van der Waals surface area contributed by atoms with Gasteiger partial charge in [0.25, 0.3) is 11.8 Å². The molecule has 0 unspecified atom stereocenters. The van der Waals surface area contributed by atoms with Crippen molar-refractivity contribution in [2.75, 3.05) is 51.3 Å². The molecule has 1 fully saturated rings. The van der Waals surface area contributed by atoms with Crippen molar-refractivity contribution in [2.45, 2.75) is 0 Å². The fourth-order valence-electron chi connectivity index (χ4n) is 3.53. The lowest BCUT2D eigenvalue weighted by Crippen LogP contribution is -2.44. The first-order valence-corrected chi connectivity index (χ1v) is 11.8. The van der Waals surface area contributed by atoms with Gasteiger partial charge < -0.3 is 19.9 Å². The minimum atomic E-state index is -0.587. The van der Waals surface area contributed by atoms with Crippen molar-refractivity contribution in [3.8, 4) is 16.2 Å². The van der Waals surface area contributed by atoms with Crippen LogP contribution in [0.25, 0.3) is 10.4 Å². The van der Waals surface area contributed by atoms with E-state index in [0.29, 0.717) is 23.4 Å². The molecule has 1 aliphatic rings. The van der Waals surface area contributed by atoms with Crippen molar-refractivity contribution < 1.29 is 19.5 Å². The van der Waals surface area contributed by atoms with Crippen molar-refractivity contribution in [3.63, 3.8) is 0 Å². The van der Waals surface area contributed by atoms with E-state index in [0.717, 1.165) is 41.8 Å². The van der Waals surface area contributed by atoms with Crippen LogP contribution in [-0.2, 0) is 0 Å². The quantitative estimate of drug-likeness (QED) is 0.258. The molecule has 4 rings (SSSR count). The third-order valence-corrected chi connectivity index (χ3v) is 6.68. The van der Waals surface area contributed by atoms with Crippen LogP contribution in [0.5, 0.6) is 5.75 Å². The molecule has 1 saturated heterocycles. The number of carbonyl (C=O) groups excluding carboxylic acids is 2. The van der Waals surface area contributed by atoms with Gasteiger partial charge in [-0.2, -0.15) is 0 Å². The maximum absolute atomic E-state index is 12.4. The molecule has 0 bridgehead atoms. The molecule has 2 aromatic carbocycles. The summed E-state index contributed by atoms with van der Waals surface area (Å²) in [5.74, 6) is -0.197. The van der Waals surface area contributed by atoms with E-state index in [2.05, 4.69) is 27.1 Å². The molecule has 34 heavy (non-hydrogen) atoms. The predicted octanol–water partition coefficient (Wildman–Crippen LogP) is 2.49. The molecule has 0 spiro atoms. The Morgan fingerprint density at radius 1 is 1.00 bits per heavy atom. The second kappa shape index (κ2) is 11.1. The molecule has 0 radical (unpaired) electrons. The first kappa shape index (κ1) is 23.7. The van der Waals surface area contributed by atoms with Crippen LogP contribution in [0.15, 0.2) is 54.7 Å². The largest absolute Gasteiger partial charge is 0.492 e. The SMILES string of the molecule is CN1CCN(c2ncc(-c3ccc(C(=O)NCCOc4ccc(C(=O)NO)cc4)cc3)s2)CC1. The molecular formula is C24H27N5O4S. The molecular weight excluding hydrogens is 454 g/mol. The number of carbonyl (C=O) groups is 2. The van der Waals surface area contributed by atoms with E-state index >= 15 is 0 Å². The zero-order valence-corrected chi connectivity index (χ0v) is 19.7. The highest BCUT2D eigenvalue weighted by atomic mass is 32.1. The summed E-state index contributed by atoms with van der Waals surface area (Å²) in [7, 11) is 2.14. The van der Waals surface area contributed by atoms with Gasteiger partial charge in [-0.25, -0.2) is 10.5 Å². The van der Waals surface area contributed by atoms with Crippen LogP contribution in [0.4, 0.5) is 5.13 Å². The Balaban J connectivity index is 1.24. The number of piperazine rings is 1. The lowest BCUT2D eigenvalue weighted by Gasteiger charge is -2.32. The number of rotatable bonds is 8. The number of hydrogen-bond donors (Lipinski definition) is 3.